The van der Waals surface area contributed by atoms with E-state index in [0.717, 1.165) is 25.0 Å². The molecule has 0 bridgehead atoms. The first-order valence-corrected chi connectivity index (χ1v) is 11.4. The molecule has 0 aliphatic carbocycles. The molecule has 1 fully saturated rings. The number of nitrogens with zero attached hydrogens (tertiary/aromatic N) is 1. The van der Waals surface area contributed by atoms with Gasteiger partial charge in [0.2, 0.25) is 0 Å². The SMILES string of the molecule is C[C@@H](Nc1ccccc1C(=O)O)c1cc(C(F)(F)F)cc2c(=O)cc(N3CCC(C)(C)CC3)oc12. The fourth-order valence-electron chi connectivity index (χ4n) is 4.35. The highest BCUT2D eigenvalue weighted by molar-refractivity contribution is 5.94. The van der Waals surface area contributed by atoms with Gasteiger partial charge in [-0.3, -0.25) is 4.79 Å². The van der Waals surface area contributed by atoms with Crippen molar-refractivity contribution in [1.82, 2.24) is 0 Å². The molecular weight excluding hydrogens is 461 g/mol. The van der Waals surface area contributed by atoms with Gasteiger partial charge in [-0.05, 0) is 49.4 Å². The summed E-state index contributed by atoms with van der Waals surface area (Å²) in [5.41, 5.74) is -0.972. The molecule has 0 radical (unpaired) electrons. The van der Waals surface area contributed by atoms with Gasteiger partial charge in [-0.1, -0.05) is 26.0 Å². The summed E-state index contributed by atoms with van der Waals surface area (Å²) in [5, 5.41) is 12.3. The predicted octanol–water partition coefficient (Wildman–Crippen LogP) is 6.31. The van der Waals surface area contributed by atoms with E-state index >= 15 is 0 Å². The number of para-hydroxylation sites is 1. The molecule has 4 rings (SSSR count). The van der Waals surface area contributed by atoms with Crippen LogP contribution in [0.4, 0.5) is 24.7 Å². The first kappa shape index (κ1) is 24.6. The van der Waals surface area contributed by atoms with Gasteiger partial charge >= 0.3 is 12.1 Å². The summed E-state index contributed by atoms with van der Waals surface area (Å²) in [6.07, 6.45) is -2.90. The van der Waals surface area contributed by atoms with Crippen LogP contribution in [0.15, 0.2) is 51.7 Å². The van der Waals surface area contributed by atoms with E-state index in [1.54, 1.807) is 19.1 Å². The van der Waals surface area contributed by atoms with Gasteiger partial charge in [0.25, 0.3) is 0 Å². The highest BCUT2D eigenvalue weighted by atomic mass is 19.4. The molecule has 0 amide bonds. The maximum Gasteiger partial charge on any atom is 0.416 e. The van der Waals surface area contributed by atoms with Crippen LogP contribution in [0.5, 0.6) is 0 Å². The molecule has 2 heterocycles. The molecule has 3 aromatic rings. The van der Waals surface area contributed by atoms with Crippen LogP contribution >= 0.6 is 0 Å². The first-order valence-electron chi connectivity index (χ1n) is 11.4. The van der Waals surface area contributed by atoms with Crippen LogP contribution in [0.3, 0.4) is 0 Å². The first-order chi connectivity index (χ1) is 16.4. The maximum atomic E-state index is 13.7. The Hall–Kier alpha value is -3.49. The number of aromatic carboxylic acids is 1. The van der Waals surface area contributed by atoms with Crippen molar-refractivity contribution in [1.29, 1.82) is 0 Å². The van der Waals surface area contributed by atoms with Gasteiger partial charge in [0.05, 0.1) is 22.6 Å². The number of fused-ring (bicyclic) bond motifs is 1. The number of carbonyl (C=O) groups is 1. The summed E-state index contributed by atoms with van der Waals surface area (Å²) in [6, 6.07) is 8.35. The number of halogens is 3. The van der Waals surface area contributed by atoms with Crippen molar-refractivity contribution < 1.29 is 27.5 Å². The third-order valence-electron chi connectivity index (χ3n) is 6.60. The van der Waals surface area contributed by atoms with Crippen LogP contribution in [-0.4, -0.2) is 24.2 Å². The minimum atomic E-state index is -4.68. The Morgan fingerprint density at radius 1 is 1.14 bits per heavy atom. The number of benzene rings is 2. The van der Waals surface area contributed by atoms with E-state index in [9.17, 15) is 27.9 Å². The average molecular weight is 489 g/mol. The van der Waals surface area contributed by atoms with Crippen molar-refractivity contribution in [3.05, 3.63) is 69.4 Å². The lowest BCUT2D eigenvalue weighted by atomic mass is 9.83. The Balaban J connectivity index is 1.83. The molecule has 0 unspecified atom stereocenters. The number of rotatable bonds is 5. The largest absolute Gasteiger partial charge is 0.478 e. The van der Waals surface area contributed by atoms with Crippen LogP contribution < -0.4 is 15.6 Å². The van der Waals surface area contributed by atoms with Gasteiger partial charge in [-0.15, -0.1) is 0 Å². The molecule has 9 heteroatoms. The van der Waals surface area contributed by atoms with Crippen molar-refractivity contribution >= 4 is 28.5 Å². The minimum absolute atomic E-state index is 0.0197. The fraction of sp³-hybridized carbons (Fsp3) is 0.385. The Morgan fingerprint density at radius 3 is 2.43 bits per heavy atom. The third kappa shape index (κ3) is 5.13. The highest BCUT2D eigenvalue weighted by Crippen LogP contribution is 2.38. The normalized spacial score (nSPS) is 16.8. The minimum Gasteiger partial charge on any atom is -0.478 e. The summed E-state index contributed by atoms with van der Waals surface area (Å²) >= 11 is 0. The number of hydrogen-bond acceptors (Lipinski definition) is 5. The van der Waals surface area contributed by atoms with Crippen LogP contribution in [-0.2, 0) is 6.18 Å². The van der Waals surface area contributed by atoms with Gasteiger partial charge in [-0.25, -0.2) is 4.79 Å². The summed E-state index contributed by atoms with van der Waals surface area (Å²) in [4.78, 5) is 26.5. The Kier molecular flexibility index (Phi) is 6.29. The summed E-state index contributed by atoms with van der Waals surface area (Å²) in [6.45, 7) is 7.26. The molecule has 2 aromatic carbocycles. The van der Waals surface area contributed by atoms with Crippen molar-refractivity contribution in [2.24, 2.45) is 5.41 Å². The molecule has 0 spiro atoms. The van der Waals surface area contributed by atoms with Crippen molar-refractivity contribution in [2.45, 2.75) is 45.8 Å². The maximum absolute atomic E-state index is 13.7. The summed E-state index contributed by atoms with van der Waals surface area (Å²) in [7, 11) is 0. The Bertz CT molecular complexity index is 1320. The molecule has 2 N–H and O–H groups in total. The monoisotopic (exact) mass is 488 g/mol. The molecule has 6 nitrogen and oxygen atoms in total. The predicted molar refractivity (Wildman–Crippen MR) is 128 cm³/mol. The highest BCUT2D eigenvalue weighted by Gasteiger charge is 2.33. The smallest absolute Gasteiger partial charge is 0.416 e. The molecule has 1 saturated heterocycles. The molecule has 35 heavy (non-hydrogen) atoms. The Labute approximate surface area is 200 Å². The number of carboxylic acids is 1. The number of anilines is 2. The topological polar surface area (TPSA) is 82.8 Å². The van der Waals surface area contributed by atoms with Crippen molar-refractivity contribution in [2.75, 3.05) is 23.3 Å². The zero-order chi connectivity index (χ0) is 25.5. The van der Waals surface area contributed by atoms with E-state index in [0.29, 0.717) is 19.0 Å². The lowest BCUT2D eigenvalue weighted by Crippen LogP contribution is -2.37. The number of carboxylic acid groups (broad SMARTS) is 1. The lowest BCUT2D eigenvalue weighted by Gasteiger charge is -2.37. The number of hydrogen-bond donors (Lipinski definition) is 2. The standard InChI is InChI=1S/C26H27F3N2O4/c1-15(30-20-7-5-4-6-17(20)24(33)34)18-12-16(26(27,28)29)13-19-21(32)14-22(35-23(18)19)31-10-8-25(2,3)9-11-31/h4-7,12-15,30H,8-11H2,1-3H3,(H,33,34)/t15-/m1/s1. The van der Waals surface area contributed by atoms with E-state index in [2.05, 4.69) is 19.2 Å². The number of alkyl halides is 3. The summed E-state index contributed by atoms with van der Waals surface area (Å²) < 4.78 is 47.2. The second kappa shape index (κ2) is 8.94. The van der Waals surface area contributed by atoms with Crippen LogP contribution in [0, 0.1) is 5.41 Å². The molecule has 1 aliphatic rings. The second-order valence-corrected chi connectivity index (χ2v) is 9.76. The molecule has 1 atom stereocenters. The zero-order valence-electron chi connectivity index (χ0n) is 19.7. The molecule has 1 aromatic heterocycles. The number of nitrogens with one attached hydrogen (secondary N) is 1. The molecular formula is C26H27F3N2O4. The van der Waals surface area contributed by atoms with Gasteiger partial charge in [0.15, 0.2) is 11.3 Å². The van der Waals surface area contributed by atoms with Gasteiger partial charge in [0.1, 0.15) is 5.58 Å². The zero-order valence-corrected chi connectivity index (χ0v) is 19.7. The van der Waals surface area contributed by atoms with E-state index in [1.165, 1.54) is 18.2 Å². The van der Waals surface area contributed by atoms with Crippen LogP contribution in [0.25, 0.3) is 11.0 Å². The van der Waals surface area contributed by atoms with E-state index in [1.807, 2.05) is 4.90 Å². The van der Waals surface area contributed by atoms with E-state index < -0.39 is 29.2 Å². The van der Waals surface area contributed by atoms with E-state index in [-0.39, 0.29) is 33.2 Å². The second-order valence-electron chi connectivity index (χ2n) is 9.76. The van der Waals surface area contributed by atoms with Gasteiger partial charge in [-0.2, -0.15) is 13.2 Å². The fourth-order valence-corrected chi connectivity index (χ4v) is 4.35. The Morgan fingerprint density at radius 2 is 1.80 bits per heavy atom. The number of piperidine rings is 1. The van der Waals surface area contributed by atoms with Gasteiger partial charge in [0, 0.05) is 30.4 Å². The molecule has 0 saturated carbocycles. The van der Waals surface area contributed by atoms with Crippen molar-refractivity contribution in [3.8, 4) is 0 Å². The van der Waals surface area contributed by atoms with Crippen molar-refractivity contribution in [3.63, 3.8) is 0 Å². The average Bonchev–Trinajstić information content (AvgIpc) is 2.78. The van der Waals surface area contributed by atoms with Crippen LogP contribution in [0.1, 0.15) is 61.1 Å². The van der Waals surface area contributed by atoms with Crippen LogP contribution in [0.2, 0.25) is 0 Å². The summed E-state index contributed by atoms with van der Waals surface area (Å²) in [5.74, 6) is -0.854. The van der Waals surface area contributed by atoms with Gasteiger partial charge < -0.3 is 19.7 Å². The lowest BCUT2D eigenvalue weighted by molar-refractivity contribution is -0.137. The van der Waals surface area contributed by atoms with E-state index in [4.69, 9.17) is 4.42 Å². The molecule has 186 valence electrons. The third-order valence-corrected chi connectivity index (χ3v) is 6.60. The molecule has 1 aliphatic heterocycles. The quantitative estimate of drug-likeness (QED) is 0.438.